The van der Waals surface area contributed by atoms with Gasteiger partial charge in [0.05, 0.1) is 0 Å². The number of hydrogen-bond donors (Lipinski definition) is 2. The molecule has 0 atom stereocenters. The van der Waals surface area contributed by atoms with Crippen molar-refractivity contribution < 1.29 is 9.59 Å². The summed E-state index contributed by atoms with van der Waals surface area (Å²) >= 11 is 3.33. The molecule has 0 saturated carbocycles. The summed E-state index contributed by atoms with van der Waals surface area (Å²) in [7, 11) is 0. The van der Waals surface area contributed by atoms with E-state index in [1.54, 1.807) is 12.1 Å². The van der Waals surface area contributed by atoms with Crippen LogP contribution in [0.15, 0.2) is 53.0 Å². The summed E-state index contributed by atoms with van der Waals surface area (Å²) in [6.07, 6.45) is 1.08. The zero-order chi connectivity index (χ0) is 17.4. The molecule has 0 aliphatic carbocycles. The number of hydrogen-bond acceptors (Lipinski definition) is 2. The SMILES string of the molecule is Cc1cccc(CCNC(=O)CCNC(=O)c2ccc(Br)cc2)c1. The molecule has 0 heterocycles. The van der Waals surface area contributed by atoms with E-state index in [0.29, 0.717) is 18.7 Å². The van der Waals surface area contributed by atoms with E-state index in [-0.39, 0.29) is 18.2 Å². The number of amides is 2. The molecule has 2 aromatic rings. The number of carbonyl (C=O) groups excluding carboxylic acids is 2. The first kappa shape index (κ1) is 18.2. The summed E-state index contributed by atoms with van der Waals surface area (Å²) in [4.78, 5) is 23.7. The molecule has 2 aromatic carbocycles. The van der Waals surface area contributed by atoms with Gasteiger partial charge >= 0.3 is 0 Å². The van der Waals surface area contributed by atoms with Gasteiger partial charge in [-0.15, -0.1) is 0 Å². The van der Waals surface area contributed by atoms with Crippen molar-refractivity contribution in [3.8, 4) is 0 Å². The van der Waals surface area contributed by atoms with E-state index >= 15 is 0 Å². The monoisotopic (exact) mass is 388 g/mol. The number of halogens is 1. The molecule has 0 aliphatic heterocycles. The summed E-state index contributed by atoms with van der Waals surface area (Å²) in [5, 5.41) is 5.62. The van der Waals surface area contributed by atoms with Crippen molar-refractivity contribution in [1.82, 2.24) is 10.6 Å². The molecule has 0 radical (unpaired) electrons. The molecule has 0 bridgehead atoms. The Morgan fingerprint density at radius 2 is 1.75 bits per heavy atom. The summed E-state index contributed by atoms with van der Waals surface area (Å²) in [6, 6.07) is 15.3. The minimum Gasteiger partial charge on any atom is -0.356 e. The van der Waals surface area contributed by atoms with Crippen molar-refractivity contribution in [2.24, 2.45) is 0 Å². The van der Waals surface area contributed by atoms with Crippen LogP contribution in [0.3, 0.4) is 0 Å². The minimum atomic E-state index is -0.171. The molecular weight excluding hydrogens is 368 g/mol. The summed E-state index contributed by atoms with van der Waals surface area (Å²) in [6.45, 7) is 2.98. The molecule has 2 N–H and O–H groups in total. The topological polar surface area (TPSA) is 58.2 Å². The normalized spacial score (nSPS) is 10.2. The Morgan fingerprint density at radius 1 is 1.00 bits per heavy atom. The van der Waals surface area contributed by atoms with Gasteiger partial charge in [0.25, 0.3) is 5.91 Å². The fourth-order valence-electron chi connectivity index (χ4n) is 2.30. The average molecular weight is 389 g/mol. The Morgan fingerprint density at radius 3 is 2.46 bits per heavy atom. The zero-order valence-electron chi connectivity index (χ0n) is 13.6. The van der Waals surface area contributed by atoms with E-state index < -0.39 is 0 Å². The first-order valence-corrected chi connectivity index (χ1v) is 8.70. The Bertz CT molecular complexity index is 699. The molecule has 0 aromatic heterocycles. The van der Waals surface area contributed by atoms with Gasteiger partial charge in [-0.25, -0.2) is 0 Å². The lowest BCUT2D eigenvalue weighted by molar-refractivity contribution is -0.120. The Hall–Kier alpha value is -2.14. The quantitative estimate of drug-likeness (QED) is 0.764. The van der Waals surface area contributed by atoms with Gasteiger partial charge in [-0.05, 0) is 43.2 Å². The lowest BCUT2D eigenvalue weighted by Crippen LogP contribution is -2.31. The van der Waals surface area contributed by atoms with E-state index in [2.05, 4.69) is 51.7 Å². The van der Waals surface area contributed by atoms with Crippen molar-refractivity contribution in [3.05, 3.63) is 69.7 Å². The van der Waals surface area contributed by atoms with Crippen molar-refractivity contribution in [1.29, 1.82) is 0 Å². The molecule has 0 saturated heterocycles. The largest absolute Gasteiger partial charge is 0.356 e. The van der Waals surface area contributed by atoms with Gasteiger partial charge < -0.3 is 10.6 Å². The van der Waals surface area contributed by atoms with Gasteiger partial charge in [-0.3, -0.25) is 9.59 Å². The van der Waals surface area contributed by atoms with Crippen LogP contribution in [-0.4, -0.2) is 24.9 Å². The number of benzene rings is 2. The highest BCUT2D eigenvalue weighted by molar-refractivity contribution is 9.10. The lowest BCUT2D eigenvalue weighted by Gasteiger charge is -2.07. The molecule has 0 aliphatic rings. The lowest BCUT2D eigenvalue weighted by atomic mass is 10.1. The van der Waals surface area contributed by atoms with E-state index in [9.17, 15) is 9.59 Å². The number of carbonyl (C=O) groups is 2. The molecular formula is C19H21BrN2O2. The van der Waals surface area contributed by atoms with Crippen molar-refractivity contribution >= 4 is 27.7 Å². The zero-order valence-corrected chi connectivity index (χ0v) is 15.2. The molecule has 5 heteroatoms. The van der Waals surface area contributed by atoms with E-state index in [1.807, 2.05) is 18.2 Å². The highest BCUT2D eigenvalue weighted by Crippen LogP contribution is 2.10. The highest BCUT2D eigenvalue weighted by atomic mass is 79.9. The van der Waals surface area contributed by atoms with Crippen LogP contribution in [0.25, 0.3) is 0 Å². The van der Waals surface area contributed by atoms with Crippen LogP contribution >= 0.6 is 15.9 Å². The van der Waals surface area contributed by atoms with Gasteiger partial charge in [0, 0.05) is 29.5 Å². The fraction of sp³-hybridized carbons (Fsp3) is 0.263. The van der Waals surface area contributed by atoms with Gasteiger partial charge in [0.1, 0.15) is 0 Å². The maximum atomic E-state index is 11.9. The molecule has 126 valence electrons. The molecule has 0 spiro atoms. The summed E-state index contributed by atoms with van der Waals surface area (Å²) in [5.74, 6) is -0.228. The molecule has 4 nitrogen and oxygen atoms in total. The van der Waals surface area contributed by atoms with Crippen LogP contribution in [-0.2, 0) is 11.2 Å². The third kappa shape index (κ3) is 6.16. The third-order valence-electron chi connectivity index (χ3n) is 3.56. The Labute approximate surface area is 150 Å². The van der Waals surface area contributed by atoms with Crippen molar-refractivity contribution in [2.45, 2.75) is 19.8 Å². The number of rotatable bonds is 7. The molecule has 0 unspecified atom stereocenters. The molecule has 0 fully saturated rings. The van der Waals surface area contributed by atoms with Crippen molar-refractivity contribution in [3.63, 3.8) is 0 Å². The maximum absolute atomic E-state index is 11.9. The second kappa shape index (κ2) is 9.23. The maximum Gasteiger partial charge on any atom is 0.251 e. The Kier molecular flexibility index (Phi) is 7.00. The van der Waals surface area contributed by atoms with E-state index in [0.717, 1.165) is 10.9 Å². The van der Waals surface area contributed by atoms with Crippen LogP contribution in [0.2, 0.25) is 0 Å². The molecule has 24 heavy (non-hydrogen) atoms. The molecule has 2 amide bonds. The van der Waals surface area contributed by atoms with Gasteiger partial charge in [-0.1, -0.05) is 45.8 Å². The predicted molar refractivity (Wildman–Crippen MR) is 99.0 cm³/mol. The van der Waals surface area contributed by atoms with Crippen LogP contribution < -0.4 is 10.6 Å². The molecule has 2 rings (SSSR count). The second-order valence-electron chi connectivity index (χ2n) is 5.60. The average Bonchev–Trinajstić information content (AvgIpc) is 2.55. The van der Waals surface area contributed by atoms with Crippen molar-refractivity contribution in [2.75, 3.05) is 13.1 Å². The van der Waals surface area contributed by atoms with Gasteiger partial charge in [-0.2, -0.15) is 0 Å². The smallest absolute Gasteiger partial charge is 0.251 e. The van der Waals surface area contributed by atoms with E-state index in [1.165, 1.54) is 11.1 Å². The highest BCUT2D eigenvalue weighted by Gasteiger charge is 2.06. The van der Waals surface area contributed by atoms with E-state index in [4.69, 9.17) is 0 Å². The van der Waals surface area contributed by atoms with Crippen LogP contribution in [0.4, 0.5) is 0 Å². The first-order valence-electron chi connectivity index (χ1n) is 7.90. The fourth-order valence-corrected chi connectivity index (χ4v) is 2.56. The Balaban J connectivity index is 1.64. The van der Waals surface area contributed by atoms with Crippen LogP contribution in [0.1, 0.15) is 27.9 Å². The van der Waals surface area contributed by atoms with Gasteiger partial charge in [0.15, 0.2) is 0 Å². The predicted octanol–water partition coefficient (Wildman–Crippen LogP) is 3.24. The standard InChI is InChI=1S/C19H21BrN2O2/c1-14-3-2-4-15(13-14)9-11-21-18(23)10-12-22-19(24)16-5-7-17(20)8-6-16/h2-8,13H,9-12H2,1H3,(H,21,23)(H,22,24). The summed E-state index contributed by atoms with van der Waals surface area (Å²) in [5.41, 5.74) is 3.01. The van der Waals surface area contributed by atoms with Crippen LogP contribution in [0, 0.1) is 6.92 Å². The third-order valence-corrected chi connectivity index (χ3v) is 4.09. The number of nitrogens with one attached hydrogen (secondary N) is 2. The van der Waals surface area contributed by atoms with Crippen LogP contribution in [0.5, 0.6) is 0 Å². The minimum absolute atomic E-state index is 0.0567. The first-order chi connectivity index (χ1) is 11.5. The second-order valence-corrected chi connectivity index (χ2v) is 6.52. The van der Waals surface area contributed by atoms with Gasteiger partial charge in [0.2, 0.25) is 5.91 Å². The summed E-state index contributed by atoms with van der Waals surface area (Å²) < 4.78 is 0.923. The number of aryl methyl sites for hydroxylation is 1.